The largest absolute Gasteiger partial charge is 0.468 e. The van der Waals surface area contributed by atoms with Gasteiger partial charge in [-0.2, -0.15) is 5.10 Å². The second-order valence-corrected chi connectivity index (χ2v) is 5.97. The first-order valence-electron chi connectivity index (χ1n) is 6.98. The molecule has 0 unspecified atom stereocenters. The molecule has 4 rings (SSSR count). The van der Waals surface area contributed by atoms with E-state index in [9.17, 15) is 4.79 Å². The molecule has 1 aliphatic rings. The number of amides is 1. The van der Waals surface area contributed by atoms with Crippen molar-refractivity contribution in [3.8, 4) is 10.6 Å². The predicted octanol–water partition coefficient (Wildman–Crippen LogP) is 2.24. The minimum absolute atomic E-state index is 0.0912. The number of hydrogen-bond acceptors (Lipinski definition) is 5. The summed E-state index contributed by atoms with van der Waals surface area (Å²) < 4.78 is 7.08. The van der Waals surface area contributed by atoms with Gasteiger partial charge in [0.25, 0.3) is 5.91 Å². The van der Waals surface area contributed by atoms with Crippen molar-refractivity contribution >= 4 is 17.2 Å². The Balaban J connectivity index is 1.61. The van der Waals surface area contributed by atoms with Crippen LogP contribution in [0.15, 0.2) is 46.4 Å². The van der Waals surface area contributed by atoms with E-state index >= 15 is 0 Å². The van der Waals surface area contributed by atoms with Crippen LogP contribution in [0.1, 0.15) is 22.4 Å². The molecule has 2 N–H and O–H groups in total. The molecule has 6 nitrogen and oxygen atoms in total. The van der Waals surface area contributed by atoms with E-state index in [1.165, 1.54) is 0 Å². The van der Waals surface area contributed by atoms with Gasteiger partial charge in [0.2, 0.25) is 0 Å². The van der Waals surface area contributed by atoms with Gasteiger partial charge in [-0.05, 0) is 29.6 Å². The summed E-state index contributed by atoms with van der Waals surface area (Å²) in [5, 5.41) is 12.8. The number of hydrogen-bond donors (Lipinski definition) is 2. The van der Waals surface area contributed by atoms with E-state index in [0.29, 0.717) is 18.8 Å². The maximum absolute atomic E-state index is 12.0. The molecule has 7 heteroatoms. The summed E-state index contributed by atoms with van der Waals surface area (Å²) in [7, 11) is 0. The maximum Gasteiger partial charge on any atom is 0.269 e. The molecule has 3 aromatic heterocycles. The van der Waals surface area contributed by atoms with Gasteiger partial charge < -0.3 is 9.73 Å². The van der Waals surface area contributed by atoms with Crippen LogP contribution in [0.3, 0.4) is 0 Å². The third kappa shape index (κ3) is 2.34. The van der Waals surface area contributed by atoms with Crippen molar-refractivity contribution in [2.45, 2.75) is 12.7 Å². The van der Waals surface area contributed by atoms with Gasteiger partial charge in [0.05, 0.1) is 24.2 Å². The lowest BCUT2D eigenvalue weighted by Crippen LogP contribution is -2.45. The fourth-order valence-corrected chi connectivity index (χ4v) is 3.18. The molecule has 0 aliphatic carbocycles. The number of carbonyl (C=O) groups is 1. The van der Waals surface area contributed by atoms with E-state index in [-0.39, 0.29) is 12.1 Å². The zero-order valence-corrected chi connectivity index (χ0v) is 12.5. The molecule has 1 aliphatic heterocycles. The van der Waals surface area contributed by atoms with Gasteiger partial charge >= 0.3 is 0 Å². The van der Waals surface area contributed by atoms with Crippen LogP contribution in [0.25, 0.3) is 10.6 Å². The summed E-state index contributed by atoms with van der Waals surface area (Å²) in [4.78, 5) is 13.1. The highest BCUT2D eigenvalue weighted by atomic mass is 32.1. The molecule has 1 amide bonds. The topological polar surface area (TPSA) is 72.1 Å². The zero-order chi connectivity index (χ0) is 14.9. The van der Waals surface area contributed by atoms with Gasteiger partial charge in [-0.25, -0.2) is 4.68 Å². The Hall–Kier alpha value is -2.38. The Kier molecular flexibility index (Phi) is 3.28. The van der Waals surface area contributed by atoms with E-state index in [1.54, 1.807) is 22.3 Å². The molecular weight excluding hydrogens is 300 g/mol. The molecule has 0 saturated heterocycles. The van der Waals surface area contributed by atoms with Crippen LogP contribution < -0.4 is 10.6 Å². The normalized spacial score (nSPS) is 17.3. The average Bonchev–Trinajstić information content (AvgIpc) is 3.26. The van der Waals surface area contributed by atoms with Gasteiger partial charge in [-0.15, -0.1) is 11.3 Å². The molecule has 22 heavy (non-hydrogen) atoms. The third-order valence-electron chi connectivity index (χ3n) is 3.59. The molecule has 1 atom stereocenters. The van der Waals surface area contributed by atoms with Crippen LogP contribution in [-0.4, -0.2) is 22.2 Å². The number of nitrogens with zero attached hydrogens (tertiary/aromatic N) is 2. The van der Waals surface area contributed by atoms with Crippen LogP contribution in [0.5, 0.6) is 0 Å². The van der Waals surface area contributed by atoms with Crippen LogP contribution in [0.2, 0.25) is 0 Å². The summed E-state index contributed by atoms with van der Waals surface area (Å²) in [6.45, 7) is 1.08. The molecule has 4 heterocycles. The number of carbonyl (C=O) groups excluding carboxylic acids is 1. The first-order valence-corrected chi connectivity index (χ1v) is 7.86. The number of aromatic nitrogens is 2. The Morgan fingerprint density at radius 3 is 3.18 bits per heavy atom. The van der Waals surface area contributed by atoms with Crippen molar-refractivity contribution < 1.29 is 9.21 Å². The lowest BCUT2D eigenvalue weighted by molar-refractivity contribution is 0.0899. The standard InChI is InChI=1S/C15H14N4O2S/c20-15-12-7-11(13-4-2-6-22-13)18-19(12)14(9-17-15)16-8-10-3-1-5-21-10/h1-7,14,16H,8-9H2,(H,17,20)/t14-/m1/s1. The Bertz CT molecular complexity index is 777. The van der Waals surface area contributed by atoms with Crippen molar-refractivity contribution in [1.82, 2.24) is 20.4 Å². The number of thiophene rings is 1. The molecule has 3 aromatic rings. The summed E-state index contributed by atoms with van der Waals surface area (Å²) in [6.07, 6.45) is 1.56. The SMILES string of the molecule is O=C1NC[C@H](NCc2ccco2)n2nc(-c3cccs3)cc21. The summed E-state index contributed by atoms with van der Waals surface area (Å²) in [5.41, 5.74) is 1.40. The monoisotopic (exact) mass is 314 g/mol. The number of furan rings is 1. The highest BCUT2D eigenvalue weighted by Gasteiger charge is 2.27. The average molecular weight is 314 g/mol. The molecule has 0 fully saturated rings. The number of rotatable bonds is 4. The van der Waals surface area contributed by atoms with E-state index < -0.39 is 0 Å². The van der Waals surface area contributed by atoms with E-state index in [4.69, 9.17) is 4.42 Å². The second kappa shape index (κ2) is 5.43. The Morgan fingerprint density at radius 1 is 1.45 bits per heavy atom. The molecule has 0 saturated carbocycles. The maximum atomic E-state index is 12.0. The fraction of sp³-hybridized carbons (Fsp3) is 0.200. The lowest BCUT2D eigenvalue weighted by Gasteiger charge is -2.25. The second-order valence-electron chi connectivity index (χ2n) is 5.02. The van der Waals surface area contributed by atoms with Crippen molar-refractivity contribution in [1.29, 1.82) is 0 Å². The van der Waals surface area contributed by atoms with E-state index in [1.807, 2.05) is 35.7 Å². The molecule has 0 spiro atoms. The molecule has 0 aromatic carbocycles. The van der Waals surface area contributed by atoms with Gasteiger partial charge in [-0.1, -0.05) is 6.07 Å². The Labute approximate surface area is 130 Å². The number of nitrogens with one attached hydrogen (secondary N) is 2. The predicted molar refractivity (Wildman–Crippen MR) is 82.5 cm³/mol. The van der Waals surface area contributed by atoms with Gasteiger partial charge in [0.15, 0.2) is 0 Å². The Morgan fingerprint density at radius 2 is 2.41 bits per heavy atom. The smallest absolute Gasteiger partial charge is 0.269 e. The van der Waals surface area contributed by atoms with Crippen molar-refractivity contribution in [3.63, 3.8) is 0 Å². The zero-order valence-electron chi connectivity index (χ0n) is 11.7. The fourth-order valence-electron chi connectivity index (χ4n) is 2.50. The minimum Gasteiger partial charge on any atom is -0.468 e. The molecule has 0 radical (unpaired) electrons. The van der Waals surface area contributed by atoms with E-state index in [0.717, 1.165) is 16.3 Å². The lowest BCUT2D eigenvalue weighted by atomic mass is 10.2. The summed E-state index contributed by atoms with van der Waals surface area (Å²) in [6, 6.07) is 9.58. The molecule has 0 bridgehead atoms. The summed E-state index contributed by atoms with van der Waals surface area (Å²) >= 11 is 1.61. The quantitative estimate of drug-likeness (QED) is 0.774. The van der Waals surface area contributed by atoms with Gasteiger partial charge in [0.1, 0.15) is 23.3 Å². The number of fused-ring (bicyclic) bond motifs is 1. The third-order valence-corrected chi connectivity index (χ3v) is 4.48. The van der Waals surface area contributed by atoms with Crippen LogP contribution in [0, 0.1) is 0 Å². The van der Waals surface area contributed by atoms with Crippen LogP contribution in [-0.2, 0) is 6.54 Å². The van der Waals surface area contributed by atoms with Gasteiger partial charge in [0, 0.05) is 0 Å². The summed E-state index contributed by atoms with van der Waals surface area (Å²) in [5.74, 6) is 0.760. The minimum atomic E-state index is -0.0913. The molecular formula is C15H14N4O2S. The highest BCUT2D eigenvalue weighted by Crippen LogP contribution is 2.26. The molecule has 112 valence electrons. The van der Waals surface area contributed by atoms with Crippen molar-refractivity contribution in [2.24, 2.45) is 0 Å². The first kappa shape index (κ1) is 13.3. The van der Waals surface area contributed by atoms with E-state index in [2.05, 4.69) is 15.7 Å². The van der Waals surface area contributed by atoms with Crippen LogP contribution >= 0.6 is 11.3 Å². The highest BCUT2D eigenvalue weighted by molar-refractivity contribution is 7.13. The van der Waals surface area contributed by atoms with Gasteiger partial charge in [-0.3, -0.25) is 10.1 Å². The van der Waals surface area contributed by atoms with Crippen LogP contribution in [0.4, 0.5) is 0 Å². The first-order chi connectivity index (χ1) is 10.8. The van der Waals surface area contributed by atoms with Crippen molar-refractivity contribution in [3.05, 3.63) is 53.4 Å². The van der Waals surface area contributed by atoms with Crippen molar-refractivity contribution in [2.75, 3.05) is 6.54 Å².